The van der Waals surface area contributed by atoms with Gasteiger partial charge in [-0.25, -0.2) is 4.79 Å². The fourth-order valence-electron chi connectivity index (χ4n) is 2.22. The Morgan fingerprint density at radius 2 is 2.47 bits per heavy atom. The zero-order valence-electron chi connectivity index (χ0n) is 8.53. The third kappa shape index (κ3) is 1.91. The predicted octanol–water partition coefficient (Wildman–Crippen LogP) is 2.07. The Bertz CT molecular complexity index is 333. The number of hydrogen-bond donors (Lipinski definition) is 0. The second-order valence-electron chi connectivity index (χ2n) is 3.76. The lowest BCUT2D eigenvalue weighted by atomic mass is 9.85. The van der Waals surface area contributed by atoms with Crippen LogP contribution in [0.15, 0.2) is 23.5 Å². The molecule has 1 heterocycles. The van der Waals surface area contributed by atoms with E-state index in [2.05, 4.69) is 28.7 Å². The highest BCUT2D eigenvalue weighted by Gasteiger charge is 2.37. The van der Waals surface area contributed by atoms with Gasteiger partial charge >= 0.3 is 5.97 Å². The van der Waals surface area contributed by atoms with E-state index in [1.807, 2.05) is 0 Å². The normalized spacial score (nSPS) is 28.7. The Morgan fingerprint density at radius 1 is 1.67 bits per heavy atom. The van der Waals surface area contributed by atoms with E-state index in [1.165, 1.54) is 12.7 Å². The van der Waals surface area contributed by atoms with Crippen molar-refractivity contribution in [2.24, 2.45) is 11.8 Å². The lowest BCUT2D eigenvalue weighted by Crippen LogP contribution is -2.27. The number of carbonyl (C=O) groups excluding carboxylic acids is 1. The third-order valence-electron chi connectivity index (χ3n) is 3.06. The van der Waals surface area contributed by atoms with Crippen molar-refractivity contribution >= 4 is 28.6 Å². The summed E-state index contributed by atoms with van der Waals surface area (Å²) in [7, 11) is 1.41. The van der Waals surface area contributed by atoms with Crippen LogP contribution >= 0.6 is 22.6 Å². The number of methoxy groups -OCH3 is 1. The summed E-state index contributed by atoms with van der Waals surface area (Å²) >= 11 is 2.35. The minimum Gasteiger partial charge on any atom is -0.500 e. The van der Waals surface area contributed by atoms with E-state index in [9.17, 15) is 4.79 Å². The van der Waals surface area contributed by atoms with E-state index in [0.29, 0.717) is 18.1 Å². The van der Waals surface area contributed by atoms with Crippen LogP contribution < -0.4 is 0 Å². The van der Waals surface area contributed by atoms with Crippen molar-refractivity contribution in [3.63, 3.8) is 0 Å². The van der Waals surface area contributed by atoms with E-state index >= 15 is 0 Å². The zero-order chi connectivity index (χ0) is 10.8. The first-order chi connectivity index (χ1) is 7.27. The van der Waals surface area contributed by atoms with Gasteiger partial charge in [-0.1, -0.05) is 34.2 Å². The summed E-state index contributed by atoms with van der Waals surface area (Å²) in [6.45, 7) is 0.694. The number of esters is 1. The highest BCUT2D eigenvalue weighted by molar-refractivity contribution is 14.1. The van der Waals surface area contributed by atoms with E-state index in [1.54, 1.807) is 6.26 Å². The van der Waals surface area contributed by atoms with Crippen molar-refractivity contribution in [1.29, 1.82) is 0 Å². The molecule has 0 N–H and O–H groups in total. The maximum Gasteiger partial charge on any atom is 0.337 e. The molecule has 0 amide bonds. The molecule has 2 unspecified atom stereocenters. The molecule has 0 bridgehead atoms. The van der Waals surface area contributed by atoms with Crippen molar-refractivity contribution in [3.05, 3.63) is 23.5 Å². The molecule has 0 spiro atoms. The topological polar surface area (TPSA) is 35.5 Å². The molecular formula is C11H13IO3. The molecule has 0 radical (unpaired) electrons. The minimum absolute atomic E-state index is 0.257. The minimum atomic E-state index is -0.257. The smallest absolute Gasteiger partial charge is 0.337 e. The summed E-state index contributed by atoms with van der Waals surface area (Å²) in [5, 5.41) is 0. The second kappa shape index (κ2) is 4.55. The van der Waals surface area contributed by atoms with Crippen LogP contribution in [0, 0.1) is 11.8 Å². The summed E-state index contributed by atoms with van der Waals surface area (Å²) in [5.74, 6) is 0.393. The molecule has 0 fully saturated rings. The summed E-state index contributed by atoms with van der Waals surface area (Å²) in [4.78, 5) is 11.5. The van der Waals surface area contributed by atoms with Crippen LogP contribution in [-0.2, 0) is 14.3 Å². The summed E-state index contributed by atoms with van der Waals surface area (Å²) in [6.07, 6.45) is 4.73. The first-order valence-corrected chi connectivity index (χ1v) is 6.45. The van der Waals surface area contributed by atoms with Crippen molar-refractivity contribution in [2.45, 2.75) is 6.42 Å². The summed E-state index contributed by atoms with van der Waals surface area (Å²) in [5.41, 5.74) is 2.08. The number of alkyl halides is 1. The van der Waals surface area contributed by atoms with Gasteiger partial charge in [0.25, 0.3) is 0 Å². The quantitative estimate of drug-likeness (QED) is 0.338. The van der Waals surface area contributed by atoms with Crippen molar-refractivity contribution in [2.75, 3.05) is 18.1 Å². The lowest BCUT2D eigenvalue weighted by Gasteiger charge is -2.27. The van der Waals surface area contributed by atoms with Gasteiger partial charge in [-0.15, -0.1) is 0 Å². The van der Waals surface area contributed by atoms with Crippen molar-refractivity contribution < 1.29 is 14.3 Å². The highest BCUT2D eigenvalue weighted by Crippen LogP contribution is 2.40. The van der Waals surface area contributed by atoms with Gasteiger partial charge in [0.15, 0.2) is 0 Å². The number of fused-ring (bicyclic) bond motifs is 1. The van der Waals surface area contributed by atoms with Gasteiger partial charge in [0, 0.05) is 16.3 Å². The largest absolute Gasteiger partial charge is 0.500 e. The molecule has 4 heteroatoms. The Balaban J connectivity index is 2.18. The SMILES string of the molecule is COC(=O)C1=COCC2C(CI)=CCC12. The molecule has 0 aromatic heterocycles. The number of rotatable bonds is 2. The second-order valence-corrected chi connectivity index (χ2v) is 4.52. The monoisotopic (exact) mass is 320 g/mol. The molecule has 82 valence electrons. The lowest BCUT2D eigenvalue weighted by molar-refractivity contribution is -0.137. The van der Waals surface area contributed by atoms with Crippen LogP contribution in [-0.4, -0.2) is 24.1 Å². The molecule has 2 atom stereocenters. The van der Waals surface area contributed by atoms with Crippen LogP contribution in [0.2, 0.25) is 0 Å². The average Bonchev–Trinajstić information content (AvgIpc) is 2.70. The fourth-order valence-corrected chi connectivity index (χ4v) is 3.10. The molecule has 0 saturated carbocycles. The van der Waals surface area contributed by atoms with Gasteiger partial charge in [-0.2, -0.15) is 0 Å². The first-order valence-electron chi connectivity index (χ1n) is 4.92. The Kier molecular flexibility index (Phi) is 3.33. The maximum absolute atomic E-state index is 11.5. The molecule has 3 nitrogen and oxygen atoms in total. The summed E-state index contributed by atoms with van der Waals surface area (Å²) < 4.78 is 11.1. The first kappa shape index (κ1) is 11.0. The summed E-state index contributed by atoms with van der Waals surface area (Å²) in [6, 6.07) is 0. The molecule has 1 aliphatic heterocycles. The van der Waals surface area contributed by atoms with E-state index in [-0.39, 0.29) is 11.9 Å². The van der Waals surface area contributed by atoms with Gasteiger partial charge < -0.3 is 9.47 Å². The van der Waals surface area contributed by atoms with Crippen LogP contribution in [0.1, 0.15) is 6.42 Å². The molecule has 15 heavy (non-hydrogen) atoms. The molecule has 2 aliphatic rings. The van der Waals surface area contributed by atoms with Crippen LogP contribution in [0.3, 0.4) is 0 Å². The fraction of sp³-hybridized carbons (Fsp3) is 0.545. The number of hydrogen-bond acceptors (Lipinski definition) is 3. The van der Waals surface area contributed by atoms with E-state index in [4.69, 9.17) is 9.47 Å². The van der Waals surface area contributed by atoms with Gasteiger partial charge in [-0.3, -0.25) is 0 Å². The van der Waals surface area contributed by atoms with Crippen molar-refractivity contribution in [3.8, 4) is 0 Å². The van der Waals surface area contributed by atoms with Gasteiger partial charge in [0.05, 0.1) is 25.6 Å². The molecule has 2 rings (SSSR count). The van der Waals surface area contributed by atoms with Gasteiger partial charge in [0.2, 0.25) is 0 Å². The zero-order valence-corrected chi connectivity index (χ0v) is 10.7. The molecule has 1 aliphatic carbocycles. The van der Waals surface area contributed by atoms with E-state index in [0.717, 1.165) is 10.8 Å². The van der Waals surface area contributed by atoms with E-state index < -0.39 is 0 Å². The van der Waals surface area contributed by atoms with Gasteiger partial charge in [-0.05, 0) is 6.42 Å². The third-order valence-corrected chi connectivity index (χ3v) is 3.94. The number of carbonyl (C=O) groups is 1. The molecule has 0 aromatic carbocycles. The standard InChI is InChI=1S/C11H13IO3/c1-14-11(13)10-6-15-5-9-7(4-12)2-3-8(9)10/h2,6,8-9H,3-5H2,1H3. The molecule has 0 aromatic rings. The van der Waals surface area contributed by atoms with Crippen LogP contribution in [0.5, 0.6) is 0 Å². The van der Waals surface area contributed by atoms with Crippen LogP contribution in [0.4, 0.5) is 0 Å². The Labute approximate surface area is 103 Å². The highest BCUT2D eigenvalue weighted by atomic mass is 127. The number of allylic oxidation sites excluding steroid dienone is 1. The molecular weight excluding hydrogens is 307 g/mol. The van der Waals surface area contributed by atoms with Crippen LogP contribution in [0.25, 0.3) is 0 Å². The average molecular weight is 320 g/mol. The Hall–Kier alpha value is -0.520. The van der Waals surface area contributed by atoms with Gasteiger partial charge in [0.1, 0.15) is 0 Å². The Morgan fingerprint density at radius 3 is 3.13 bits per heavy atom. The maximum atomic E-state index is 11.5. The predicted molar refractivity (Wildman–Crippen MR) is 64.6 cm³/mol. The number of ether oxygens (including phenoxy) is 2. The van der Waals surface area contributed by atoms with Crippen molar-refractivity contribution in [1.82, 2.24) is 0 Å². The molecule has 0 saturated heterocycles. The number of halogens is 1.